The van der Waals surface area contributed by atoms with Crippen molar-refractivity contribution in [3.63, 3.8) is 0 Å². The van der Waals surface area contributed by atoms with Gasteiger partial charge in [-0.25, -0.2) is 4.79 Å². The number of benzene rings is 1. The van der Waals surface area contributed by atoms with Gasteiger partial charge in [-0.05, 0) is 51.3 Å². The van der Waals surface area contributed by atoms with Gasteiger partial charge in [0, 0.05) is 32.1 Å². The van der Waals surface area contributed by atoms with E-state index in [1.54, 1.807) is 0 Å². The minimum Gasteiger partial charge on any atom is -0.388 e. The molecule has 0 aromatic heterocycles. The molecule has 1 aliphatic heterocycles. The predicted octanol–water partition coefficient (Wildman–Crippen LogP) is 3.06. The van der Waals surface area contributed by atoms with E-state index in [0.717, 1.165) is 0 Å². The van der Waals surface area contributed by atoms with E-state index in [1.165, 1.54) is 31.2 Å². The van der Waals surface area contributed by atoms with Crippen molar-refractivity contribution in [1.29, 1.82) is 0 Å². The van der Waals surface area contributed by atoms with Crippen LogP contribution in [0.5, 0.6) is 0 Å². The molecule has 0 bridgehead atoms. The third-order valence-electron chi connectivity index (χ3n) is 6.26. The maximum atomic E-state index is 12.7. The summed E-state index contributed by atoms with van der Waals surface area (Å²) in [6, 6.07) is 10.6. The number of aliphatic hydroxyl groups is 1. The van der Waals surface area contributed by atoms with Crippen molar-refractivity contribution < 1.29 is 9.90 Å². The van der Waals surface area contributed by atoms with E-state index in [0.29, 0.717) is 50.9 Å². The molecular weight excluding hydrogens is 338 g/mol. The van der Waals surface area contributed by atoms with Gasteiger partial charge >= 0.3 is 6.03 Å². The van der Waals surface area contributed by atoms with Crippen LogP contribution in [0.15, 0.2) is 30.3 Å². The maximum absolute atomic E-state index is 12.7. The molecule has 2 amide bonds. The lowest BCUT2D eigenvalue weighted by molar-refractivity contribution is -0.0293. The van der Waals surface area contributed by atoms with Crippen molar-refractivity contribution in [2.45, 2.75) is 50.0 Å². The highest BCUT2D eigenvalue weighted by atomic mass is 16.3. The first-order valence-corrected chi connectivity index (χ1v) is 10.4. The normalized spacial score (nSPS) is 21.4. The van der Waals surface area contributed by atoms with Crippen LogP contribution in [0.1, 0.15) is 50.0 Å². The van der Waals surface area contributed by atoms with Gasteiger partial charge in [-0.15, -0.1) is 0 Å². The van der Waals surface area contributed by atoms with Crippen LogP contribution in [-0.4, -0.2) is 66.8 Å². The standard InChI is InChI=1S/C22H35N3O2/c1-24(2)17-22(27)12-14-25(15-13-22)21(26)23-16-20(19-10-6-7-11-19)18-8-4-3-5-9-18/h3-5,8-9,19-20,27H,6-7,10-17H2,1-2H3,(H,23,26)/t20-/m1/s1. The lowest BCUT2D eigenvalue weighted by atomic mass is 9.85. The first kappa shape index (κ1) is 20.2. The zero-order valence-electron chi connectivity index (χ0n) is 16.9. The van der Waals surface area contributed by atoms with Crippen molar-refractivity contribution in [2.24, 2.45) is 5.92 Å². The Balaban J connectivity index is 1.54. The van der Waals surface area contributed by atoms with Crippen LogP contribution in [0.25, 0.3) is 0 Å². The quantitative estimate of drug-likeness (QED) is 0.806. The summed E-state index contributed by atoms with van der Waals surface area (Å²) in [6.07, 6.45) is 6.41. The monoisotopic (exact) mass is 373 g/mol. The second-order valence-electron chi connectivity index (χ2n) is 8.70. The van der Waals surface area contributed by atoms with Crippen molar-refractivity contribution in [3.8, 4) is 0 Å². The third-order valence-corrected chi connectivity index (χ3v) is 6.26. The smallest absolute Gasteiger partial charge is 0.317 e. The average molecular weight is 374 g/mol. The summed E-state index contributed by atoms with van der Waals surface area (Å²) in [7, 11) is 3.95. The number of likely N-dealkylation sites (N-methyl/N-ethyl adjacent to an activating group) is 1. The van der Waals surface area contributed by atoms with Crippen molar-refractivity contribution in [1.82, 2.24) is 15.1 Å². The van der Waals surface area contributed by atoms with Gasteiger partial charge in [-0.1, -0.05) is 43.2 Å². The molecule has 0 spiro atoms. The Bertz CT molecular complexity index is 591. The zero-order valence-corrected chi connectivity index (χ0v) is 16.9. The first-order chi connectivity index (χ1) is 13.0. The number of hydrogen-bond acceptors (Lipinski definition) is 3. The van der Waals surface area contributed by atoms with E-state index < -0.39 is 5.60 Å². The zero-order chi connectivity index (χ0) is 19.3. The van der Waals surface area contributed by atoms with Gasteiger partial charge in [0.1, 0.15) is 0 Å². The molecule has 0 radical (unpaired) electrons. The molecule has 1 atom stereocenters. The van der Waals surface area contributed by atoms with Crippen molar-refractivity contribution >= 4 is 6.03 Å². The molecule has 3 rings (SSSR count). The number of carbonyl (C=O) groups excluding carboxylic acids is 1. The highest BCUT2D eigenvalue weighted by molar-refractivity contribution is 5.74. The Morgan fingerprint density at radius 1 is 1.22 bits per heavy atom. The average Bonchev–Trinajstić information content (AvgIpc) is 3.17. The Hall–Kier alpha value is -1.59. The van der Waals surface area contributed by atoms with Crippen LogP contribution in [0, 0.1) is 5.92 Å². The van der Waals surface area contributed by atoms with E-state index in [2.05, 4.69) is 35.6 Å². The number of nitrogens with zero attached hydrogens (tertiary/aromatic N) is 2. The van der Waals surface area contributed by atoms with Crippen LogP contribution < -0.4 is 5.32 Å². The summed E-state index contributed by atoms with van der Waals surface area (Å²) >= 11 is 0. The summed E-state index contributed by atoms with van der Waals surface area (Å²) in [5.41, 5.74) is 0.667. The minimum atomic E-state index is -0.670. The molecule has 1 aromatic rings. The number of piperidine rings is 1. The summed E-state index contributed by atoms with van der Waals surface area (Å²) < 4.78 is 0. The Kier molecular flexibility index (Phi) is 6.77. The largest absolute Gasteiger partial charge is 0.388 e. The lowest BCUT2D eigenvalue weighted by Crippen LogP contribution is -2.53. The van der Waals surface area contributed by atoms with Crippen LogP contribution in [0.4, 0.5) is 4.79 Å². The molecule has 2 aliphatic rings. The first-order valence-electron chi connectivity index (χ1n) is 10.4. The Morgan fingerprint density at radius 3 is 2.44 bits per heavy atom. The molecule has 1 saturated heterocycles. The second kappa shape index (κ2) is 9.07. The summed E-state index contributed by atoms with van der Waals surface area (Å²) in [4.78, 5) is 16.6. The summed E-state index contributed by atoms with van der Waals surface area (Å²) in [5, 5.41) is 13.8. The van der Waals surface area contributed by atoms with E-state index >= 15 is 0 Å². The number of amides is 2. The summed E-state index contributed by atoms with van der Waals surface area (Å²) in [5.74, 6) is 1.06. The van der Waals surface area contributed by atoms with E-state index in [-0.39, 0.29) is 6.03 Å². The number of carbonyl (C=O) groups is 1. The number of hydrogen-bond donors (Lipinski definition) is 2. The molecule has 1 heterocycles. The van der Waals surface area contributed by atoms with Gasteiger partial charge in [0.2, 0.25) is 0 Å². The minimum absolute atomic E-state index is 0.0147. The van der Waals surface area contributed by atoms with Crippen molar-refractivity contribution in [2.75, 3.05) is 40.3 Å². The third kappa shape index (κ3) is 5.45. The molecule has 2 N–H and O–H groups in total. The van der Waals surface area contributed by atoms with Gasteiger partial charge in [0.05, 0.1) is 5.60 Å². The molecule has 0 unspecified atom stereocenters. The molecule has 5 nitrogen and oxygen atoms in total. The fourth-order valence-corrected chi connectivity index (χ4v) is 4.80. The number of urea groups is 1. The topological polar surface area (TPSA) is 55.8 Å². The lowest BCUT2D eigenvalue weighted by Gasteiger charge is -2.39. The van der Waals surface area contributed by atoms with Crippen LogP contribution in [0.3, 0.4) is 0 Å². The van der Waals surface area contributed by atoms with Crippen LogP contribution >= 0.6 is 0 Å². The SMILES string of the molecule is CN(C)CC1(O)CCN(C(=O)NC[C@H](c2ccccc2)C2CCCC2)CC1. The molecular formula is C22H35N3O2. The fourth-order valence-electron chi connectivity index (χ4n) is 4.80. The highest BCUT2D eigenvalue weighted by Gasteiger charge is 2.34. The summed E-state index contributed by atoms with van der Waals surface area (Å²) in [6.45, 7) is 2.59. The number of rotatable bonds is 6. The van der Waals surface area contributed by atoms with Crippen LogP contribution in [0.2, 0.25) is 0 Å². The molecule has 1 saturated carbocycles. The number of likely N-dealkylation sites (tertiary alicyclic amines) is 1. The molecule has 1 aliphatic carbocycles. The van der Waals surface area contributed by atoms with Crippen LogP contribution in [-0.2, 0) is 0 Å². The van der Waals surface area contributed by atoms with Gasteiger partial charge < -0.3 is 20.2 Å². The highest BCUT2D eigenvalue weighted by Crippen LogP contribution is 2.37. The maximum Gasteiger partial charge on any atom is 0.317 e. The van der Waals surface area contributed by atoms with Crippen molar-refractivity contribution in [3.05, 3.63) is 35.9 Å². The van der Waals surface area contributed by atoms with Gasteiger partial charge in [0.15, 0.2) is 0 Å². The molecule has 150 valence electrons. The molecule has 1 aromatic carbocycles. The van der Waals surface area contributed by atoms with Gasteiger partial charge in [-0.3, -0.25) is 0 Å². The number of nitrogens with one attached hydrogen (secondary N) is 1. The van der Waals surface area contributed by atoms with E-state index in [4.69, 9.17) is 0 Å². The van der Waals surface area contributed by atoms with E-state index in [9.17, 15) is 9.90 Å². The van der Waals surface area contributed by atoms with Gasteiger partial charge in [0.25, 0.3) is 0 Å². The Labute approximate surface area is 163 Å². The second-order valence-corrected chi connectivity index (χ2v) is 8.70. The molecule has 5 heteroatoms. The molecule has 2 fully saturated rings. The molecule has 27 heavy (non-hydrogen) atoms. The van der Waals surface area contributed by atoms with E-state index in [1.807, 2.05) is 23.9 Å². The Morgan fingerprint density at radius 2 is 1.85 bits per heavy atom. The predicted molar refractivity (Wildman–Crippen MR) is 109 cm³/mol. The van der Waals surface area contributed by atoms with Gasteiger partial charge in [-0.2, -0.15) is 0 Å². The fraction of sp³-hybridized carbons (Fsp3) is 0.682.